The Kier molecular flexibility index (Phi) is 8.10. The fourth-order valence-electron chi connectivity index (χ4n) is 4.40. The number of ether oxygens (including phenoxy) is 1. The van der Waals surface area contributed by atoms with E-state index in [4.69, 9.17) is 4.74 Å². The largest absolute Gasteiger partial charge is 0.496 e. The molecule has 166 valence electrons. The molecule has 31 heavy (non-hydrogen) atoms. The molecule has 0 spiro atoms. The van der Waals surface area contributed by atoms with E-state index >= 15 is 0 Å². The van der Waals surface area contributed by atoms with Gasteiger partial charge >= 0.3 is 0 Å². The second-order valence-corrected chi connectivity index (χ2v) is 8.37. The molecule has 2 aromatic rings. The van der Waals surface area contributed by atoms with Crippen LogP contribution in [0.5, 0.6) is 5.75 Å². The van der Waals surface area contributed by atoms with Gasteiger partial charge in [0.15, 0.2) is 0 Å². The van der Waals surface area contributed by atoms with E-state index in [1.807, 2.05) is 35.2 Å². The van der Waals surface area contributed by atoms with Crippen LogP contribution in [0.15, 0.2) is 54.6 Å². The molecule has 1 aliphatic rings. The molecule has 0 atom stereocenters. The third-order valence-corrected chi connectivity index (χ3v) is 6.39. The summed E-state index contributed by atoms with van der Waals surface area (Å²) in [7, 11) is 1.57. The molecule has 2 aromatic carbocycles. The number of benzene rings is 2. The van der Waals surface area contributed by atoms with Gasteiger partial charge < -0.3 is 15.0 Å². The van der Waals surface area contributed by atoms with Crippen LogP contribution >= 0.6 is 0 Å². The highest BCUT2D eigenvalue weighted by Crippen LogP contribution is 2.35. The molecule has 1 heterocycles. The second kappa shape index (κ2) is 11.0. The molecule has 0 saturated carbocycles. The zero-order valence-electron chi connectivity index (χ0n) is 18.7. The number of carbonyl (C=O) groups excluding carboxylic acids is 2. The molecule has 1 N–H and O–H groups in total. The fourth-order valence-corrected chi connectivity index (χ4v) is 4.40. The van der Waals surface area contributed by atoms with Gasteiger partial charge in [-0.2, -0.15) is 0 Å². The van der Waals surface area contributed by atoms with Crippen LogP contribution in [0, 0.1) is 0 Å². The van der Waals surface area contributed by atoms with Crippen molar-refractivity contribution in [2.75, 3.05) is 26.7 Å². The van der Waals surface area contributed by atoms with Crippen LogP contribution in [-0.2, 0) is 10.2 Å². The van der Waals surface area contributed by atoms with Gasteiger partial charge in [-0.3, -0.25) is 9.59 Å². The highest BCUT2D eigenvalue weighted by atomic mass is 16.5. The number of hydrogen-bond donors (Lipinski definition) is 1. The summed E-state index contributed by atoms with van der Waals surface area (Å²) in [5, 5.41) is 3.15. The monoisotopic (exact) mass is 422 g/mol. The quantitative estimate of drug-likeness (QED) is 0.603. The van der Waals surface area contributed by atoms with Gasteiger partial charge in [0.05, 0.1) is 12.7 Å². The lowest BCUT2D eigenvalue weighted by atomic mass is 9.72. The average Bonchev–Trinajstić information content (AvgIpc) is 2.83. The van der Waals surface area contributed by atoms with Gasteiger partial charge in [0, 0.05) is 31.5 Å². The summed E-state index contributed by atoms with van der Waals surface area (Å²) in [5.74, 6) is 0.695. The molecule has 2 amide bonds. The molecule has 1 fully saturated rings. The molecule has 3 rings (SSSR count). The van der Waals surface area contributed by atoms with E-state index in [9.17, 15) is 9.59 Å². The molecule has 0 bridgehead atoms. The van der Waals surface area contributed by atoms with Crippen molar-refractivity contribution in [2.45, 2.75) is 50.9 Å². The van der Waals surface area contributed by atoms with Crippen LogP contribution in [0.1, 0.15) is 61.4 Å². The van der Waals surface area contributed by atoms with Gasteiger partial charge in [-0.25, -0.2) is 0 Å². The van der Waals surface area contributed by atoms with E-state index in [-0.39, 0.29) is 17.2 Å². The number of amides is 2. The minimum atomic E-state index is -0.181. The number of rotatable bonds is 9. The van der Waals surface area contributed by atoms with Crippen LogP contribution in [-0.4, -0.2) is 43.5 Å². The van der Waals surface area contributed by atoms with E-state index in [0.29, 0.717) is 24.3 Å². The van der Waals surface area contributed by atoms with Crippen molar-refractivity contribution < 1.29 is 14.3 Å². The van der Waals surface area contributed by atoms with E-state index in [0.717, 1.165) is 45.2 Å². The number of unbranched alkanes of at least 4 members (excludes halogenated alkanes) is 2. The van der Waals surface area contributed by atoms with Crippen molar-refractivity contribution in [3.63, 3.8) is 0 Å². The highest BCUT2D eigenvalue weighted by molar-refractivity contribution is 5.97. The Morgan fingerprint density at radius 2 is 1.68 bits per heavy atom. The first-order valence-electron chi connectivity index (χ1n) is 11.3. The predicted molar refractivity (Wildman–Crippen MR) is 123 cm³/mol. The first-order chi connectivity index (χ1) is 15.1. The average molecular weight is 423 g/mol. The van der Waals surface area contributed by atoms with Gasteiger partial charge in [-0.1, -0.05) is 62.2 Å². The van der Waals surface area contributed by atoms with Crippen molar-refractivity contribution >= 4 is 11.8 Å². The van der Waals surface area contributed by atoms with Crippen LogP contribution in [0.2, 0.25) is 0 Å². The number of likely N-dealkylation sites (tertiary alicyclic amines) is 1. The Bertz CT molecular complexity index is 858. The first kappa shape index (κ1) is 22.9. The summed E-state index contributed by atoms with van der Waals surface area (Å²) >= 11 is 0. The van der Waals surface area contributed by atoms with Crippen LogP contribution in [0.3, 0.4) is 0 Å². The normalized spacial score (nSPS) is 15.4. The molecule has 0 aromatic heterocycles. The Labute approximate surface area is 185 Å². The number of nitrogens with zero attached hydrogens (tertiary/aromatic N) is 1. The summed E-state index contributed by atoms with van der Waals surface area (Å²) < 4.78 is 5.34. The molecule has 1 saturated heterocycles. The third kappa shape index (κ3) is 5.66. The number of piperidine rings is 1. The lowest BCUT2D eigenvalue weighted by Gasteiger charge is -2.42. The fraction of sp³-hybridized carbons (Fsp3) is 0.462. The van der Waals surface area contributed by atoms with Crippen molar-refractivity contribution in [1.29, 1.82) is 0 Å². The molecule has 1 aliphatic heterocycles. The Morgan fingerprint density at radius 1 is 1.00 bits per heavy atom. The van der Waals surface area contributed by atoms with E-state index in [2.05, 4.69) is 24.4 Å². The summed E-state index contributed by atoms with van der Waals surface area (Å²) in [5.41, 5.74) is 1.57. The maximum atomic E-state index is 12.9. The molecular formula is C26H34N2O3. The minimum absolute atomic E-state index is 0.133. The number of hydrogen-bond acceptors (Lipinski definition) is 3. The first-order valence-corrected chi connectivity index (χ1v) is 11.3. The van der Waals surface area contributed by atoms with E-state index < -0.39 is 0 Å². The zero-order valence-corrected chi connectivity index (χ0v) is 18.7. The van der Waals surface area contributed by atoms with Crippen LogP contribution < -0.4 is 10.1 Å². The maximum absolute atomic E-state index is 12.9. The lowest BCUT2D eigenvalue weighted by Crippen LogP contribution is -2.50. The van der Waals surface area contributed by atoms with E-state index in [1.165, 1.54) is 5.56 Å². The van der Waals surface area contributed by atoms with Gasteiger partial charge in [0.25, 0.3) is 5.91 Å². The molecule has 0 unspecified atom stereocenters. The predicted octanol–water partition coefficient (Wildman–Crippen LogP) is 4.57. The number of para-hydroxylation sites is 1. The smallest absolute Gasteiger partial charge is 0.255 e. The van der Waals surface area contributed by atoms with Crippen molar-refractivity contribution in [2.24, 2.45) is 0 Å². The molecule has 5 nitrogen and oxygen atoms in total. The topological polar surface area (TPSA) is 58.6 Å². The number of nitrogens with one attached hydrogen (secondary N) is 1. The molecular weight excluding hydrogens is 388 g/mol. The van der Waals surface area contributed by atoms with Crippen LogP contribution in [0.4, 0.5) is 0 Å². The second-order valence-electron chi connectivity index (χ2n) is 8.37. The SMILES string of the molecule is CCCCCC(=O)N1CCC(CNC(=O)c2ccccc2OC)(c2ccccc2)CC1. The van der Waals surface area contributed by atoms with E-state index in [1.54, 1.807) is 19.2 Å². The summed E-state index contributed by atoms with van der Waals surface area (Å²) in [6, 6.07) is 17.6. The third-order valence-electron chi connectivity index (χ3n) is 6.39. The Hall–Kier alpha value is -2.82. The number of methoxy groups -OCH3 is 1. The summed E-state index contributed by atoms with van der Waals surface area (Å²) in [6.07, 6.45) is 5.49. The molecule has 0 radical (unpaired) electrons. The summed E-state index contributed by atoms with van der Waals surface area (Å²) in [6.45, 7) is 4.14. The van der Waals surface area contributed by atoms with Gasteiger partial charge in [0.1, 0.15) is 5.75 Å². The van der Waals surface area contributed by atoms with Gasteiger partial charge in [-0.15, -0.1) is 0 Å². The minimum Gasteiger partial charge on any atom is -0.496 e. The molecule has 0 aliphatic carbocycles. The number of carbonyl (C=O) groups is 2. The lowest BCUT2D eigenvalue weighted by molar-refractivity contribution is -0.133. The Morgan fingerprint density at radius 3 is 2.35 bits per heavy atom. The van der Waals surface area contributed by atoms with Gasteiger partial charge in [0.2, 0.25) is 5.91 Å². The summed E-state index contributed by atoms with van der Waals surface area (Å²) in [4.78, 5) is 27.5. The van der Waals surface area contributed by atoms with Crippen molar-refractivity contribution in [1.82, 2.24) is 10.2 Å². The Balaban J connectivity index is 1.70. The van der Waals surface area contributed by atoms with Gasteiger partial charge in [-0.05, 0) is 37.0 Å². The zero-order chi connectivity index (χ0) is 22.1. The van der Waals surface area contributed by atoms with Crippen LogP contribution in [0.25, 0.3) is 0 Å². The van der Waals surface area contributed by atoms with Crippen molar-refractivity contribution in [3.05, 3.63) is 65.7 Å². The highest BCUT2D eigenvalue weighted by Gasteiger charge is 2.37. The maximum Gasteiger partial charge on any atom is 0.255 e. The standard InChI is InChI=1S/C26H34N2O3/c1-3-4-6-15-24(29)28-18-16-26(17-19-28,21-11-7-5-8-12-21)20-27-25(30)22-13-9-10-14-23(22)31-2/h5,7-14H,3-4,6,15-20H2,1-2H3,(H,27,30). The van der Waals surface area contributed by atoms with Crippen molar-refractivity contribution in [3.8, 4) is 5.75 Å². The molecule has 5 heteroatoms.